The van der Waals surface area contributed by atoms with Crippen molar-refractivity contribution in [3.05, 3.63) is 23.8 Å². The van der Waals surface area contributed by atoms with Gasteiger partial charge in [-0.3, -0.25) is 9.52 Å². The second kappa shape index (κ2) is 8.90. The number of hydrogen-bond donors (Lipinski definition) is 2. The predicted octanol–water partition coefficient (Wildman–Crippen LogP) is 1.15. The molecule has 2 N–H and O–H groups in total. The highest BCUT2D eigenvalue weighted by molar-refractivity contribution is 7.92. The molecule has 2 rings (SSSR count). The third kappa shape index (κ3) is 6.08. The van der Waals surface area contributed by atoms with E-state index in [0.29, 0.717) is 30.2 Å². The lowest BCUT2D eigenvalue weighted by Gasteiger charge is -2.30. The van der Waals surface area contributed by atoms with Gasteiger partial charge in [0.25, 0.3) is 5.91 Å². The molecule has 3 atom stereocenters. The van der Waals surface area contributed by atoms with Crippen LogP contribution in [0.1, 0.15) is 24.2 Å². The van der Waals surface area contributed by atoms with E-state index < -0.39 is 10.0 Å². The molecule has 0 radical (unpaired) electrons. The minimum atomic E-state index is -3.45. The smallest absolute Gasteiger partial charge is 0.257 e. The van der Waals surface area contributed by atoms with E-state index in [-0.39, 0.29) is 24.0 Å². The van der Waals surface area contributed by atoms with Crippen LogP contribution >= 0.6 is 0 Å². The maximum atomic E-state index is 13.0. The van der Waals surface area contributed by atoms with Crippen LogP contribution in [0.3, 0.4) is 0 Å². The molecule has 0 saturated heterocycles. The van der Waals surface area contributed by atoms with Crippen LogP contribution in [0.2, 0.25) is 0 Å². The van der Waals surface area contributed by atoms with Crippen molar-refractivity contribution in [2.45, 2.75) is 26.0 Å². The van der Waals surface area contributed by atoms with E-state index in [0.717, 1.165) is 12.8 Å². The van der Waals surface area contributed by atoms with Crippen molar-refractivity contribution < 1.29 is 22.7 Å². The molecule has 0 saturated carbocycles. The van der Waals surface area contributed by atoms with Gasteiger partial charge in [-0.2, -0.15) is 0 Å². The summed E-state index contributed by atoms with van der Waals surface area (Å²) in [6.07, 6.45) is 0.939. The molecule has 0 unspecified atom stereocenters. The largest absolute Gasteiger partial charge is 0.491 e. The van der Waals surface area contributed by atoms with Crippen LogP contribution in [0.25, 0.3) is 0 Å². The number of sulfonamides is 1. The zero-order chi connectivity index (χ0) is 20.2. The van der Waals surface area contributed by atoms with E-state index in [1.54, 1.807) is 31.2 Å². The van der Waals surface area contributed by atoms with Crippen molar-refractivity contribution in [2.24, 2.45) is 5.92 Å². The van der Waals surface area contributed by atoms with Crippen molar-refractivity contribution >= 4 is 21.6 Å². The lowest BCUT2D eigenvalue weighted by Crippen LogP contribution is -2.44. The lowest BCUT2D eigenvalue weighted by molar-refractivity contribution is 0.0281. The van der Waals surface area contributed by atoms with E-state index in [2.05, 4.69) is 17.0 Å². The number of fused-ring (bicyclic) bond motifs is 1. The van der Waals surface area contributed by atoms with Crippen LogP contribution in [-0.2, 0) is 14.8 Å². The predicted molar refractivity (Wildman–Crippen MR) is 105 cm³/mol. The first kappa shape index (κ1) is 21.5. The van der Waals surface area contributed by atoms with Gasteiger partial charge in [-0.1, -0.05) is 6.92 Å². The standard InChI is InChI=1S/C18H29N3O5S/c1-12-9-19-13(2)11-26-16-7-6-14(20-27(5,23)24)8-15(16)18(22)21(3)10-17(12)25-4/h6-8,12-13,17,19-20H,9-11H2,1-5H3/t12-,13+,17+/m1/s1. The van der Waals surface area contributed by atoms with Crippen molar-refractivity contribution in [1.82, 2.24) is 10.2 Å². The molecular formula is C18H29N3O5S. The van der Waals surface area contributed by atoms with Crippen LogP contribution < -0.4 is 14.8 Å². The van der Waals surface area contributed by atoms with Gasteiger partial charge in [-0.05, 0) is 31.0 Å². The molecule has 8 nitrogen and oxygen atoms in total. The lowest BCUT2D eigenvalue weighted by atomic mass is 10.0. The van der Waals surface area contributed by atoms with Gasteiger partial charge in [-0.25, -0.2) is 8.42 Å². The van der Waals surface area contributed by atoms with Crippen molar-refractivity contribution in [1.29, 1.82) is 0 Å². The van der Waals surface area contributed by atoms with Gasteiger partial charge in [-0.15, -0.1) is 0 Å². The minimum absolute atomic E-state index is 0.0823. The molecule has 1 heterocycles. The van der Waals surface area contributed by atoms with Crippen molar-refractivity contribution in [2.75, 3.05) is 44.8 Å². The Hall–Kier alpha value is -1.84. The van der Waals surface area contributed by atoms with Crippen LogP contribution in [0, 0.1) is 5.92 Å². The van der Waals surface area contributed by atoms with Crippen molar-refractivity contribution in [3.63, 3.8) is 0 Å². The van der Waals surface area contributed by atoms with Crippen molar-refractivity contribution in [3.8, 4) is 5.75 Å². The van der Waals surface area contributed by atoms with Gasteiger partial charge in [0, 0.05) is 39.0 Å². The Morgan fingerprint density at radius 1 is 1.33 bits per heavy atom. The van der Waals surface area contributed by atoms with E-state index in [4.69, 9.17) is 9.47 Å². The second-order valence-corrected chi connectivity index (χ2v) is 8.89. The van der Waals surface area contributed by atoms with Gasteiger partial charge in [0.05, 0.1) is 17.9 Å². The SMILES string of the molecule is CO[C@H]1CN(C)C(=O)c2cc(NS(C)(=O)=O)ccc2OC[C@H](C)NC[C@H]1C. The molecule has 1 aromatic rings. The number of likely N-dealkylation sites (N-methyl/N-ethyl adjacent to an activating group) is 1. The fourth-order valence-corrected chi connectivity index (χ4v) is 3.49. The molecule has 1 aliphatic heterocycles. The van der Waals surface area contributed by atoms with Gasteiger partial charge < -0.3 is 19.7 Å². The zero-order valence-corrected chi connectivity index (χ0v) is 17.3. The molecule has 0 spiro atoms. The molecular weight excluding hydrogens is 370 g/mol. The molecule has 1 amide bonds. The summed E-state index contributed by atoms with van der Waals surface area (Å²) >= 11 is 0. The molecule has 1 aromatic carbocycles. The van der Waals surface area contributed by atoms with E-state index in [1.807, 2.05) is 6.92 Å². The summed E-state index contributed by atoms with van der Waals surface area (Å²) in [5, 5.41) is 3.41. The van der Waals surface area contributed by atoms with E-state index in [9.17, 15) is 13.2 Å². The Balaban J connectivity index is 2.40. The third-order valence-corrected chi connectivity index (χ3v) is 5.13. The number of amides is 1. The molecule has 9 heteroatoms. The number of nitrogens with zero attached hydrogens (tertiary/aromatic N) is 1. The normalized spacial score (nSPS) is 25.0. The fraction of sp³-hybridized carbons (Fsp3) is 0.611. The number of anilines is 1. The Bertz CT molecular complexity index is 768. The van der Waals surface area contributed by atoms with E-state index in [1.165, 1.54) is 6.07 Å². The summed E-state index contributed by atoms with van der Waals surface area (Å²) in [5.41, 5.74) is 0.623. The highest BCUT2D eigenvalue weighted by Gasteiger charge is 2.25. The van der Waals surface area contributed by atoms with Gasteiger partial charge >= 0.3 is 0 Å². The zero-order valence-electron chi connectivity index (χ0n) is 16.5. The van der Waals surface area contributed by atoms with Gasteiger partial charge in [0.1, 0.15) is 12.4 Å². The molecule has 0 aliphatic carbocycles. The first-order valence-electron chi connectivity index (χ1n) is 8.87. The Morgan fingerprint density at radius 2 is 2.04 bits per heavy atom. The number of benzene rings is 1. The Labute approximate surface area is 161 Å². The first-order chi connectivity index (χ1) is 12.6. The summed E-state index contributed by atoms with van der Waals surface area (Å²) in [6, 6.07) is 4.78. The molecule has 0 bridgehead atoms. The average Bonchev–Trinajstić information content (AvgIpc) is 2.60. The quantitative estimate of drug-likeness (QED) is 0.792. The maximum absolute atomic E-state index is 13.0. The fourth-order valence-electron chi connectivity index (χ4n) is 2.94. The summed E-state index contributed by atoms with van der Waals surface area (Å²) in [4.78, 5) is 14.6. The molecule has 0 fully saturated rings. The van der Waals surface area contributed by atoms with Crippen LogP contribution in [-0.4, -0.2) is 71.5 Å². The Kier molecular flexibility index (Phi) is 7.07. The number of rotatable bonds is 3. The number of carbonyl (C=O) groups excluding carboxylic acids is 1. The minimum Gasteiger partial charge on any atom is -0.491 e. The van der Waals surface area contributed by atoms with Gasteiger partial charge in [0.2, 0.25) is 10.0 Å². The highest BCUT2D eigenvalue weighted by atomic mass is 32.2. The summed E-state index contributed by atoms with van der Waals surface area (Å²) in [7, 11) is -0.113. The second-order valence-electron chi connectivity index (χ2n) is 7.14. The number of carbonyl (C=O) groups is 1. The van der Waals surface area contributed by atoms with Crippen LogP contribution in [0.15, 0.2) is 18.2 Å². The molecule has 27 heavy (non-hydrogen) atoms. The maximum Gasteiger partial charge on any atom is 0.257 e. The number of methoxy groups -OCH3 is 1. The molecule has 1 aliphatic rings. The number of nitrogens with one attached hydrogen (secondary N) is 2. The topological polar surface area (TPSA) is 97.0 Å². The molecule has 0 aromatic heterocycles. The van der Waals surface area contributed by atoms with E-state index >= 15 is 0 Å². The number of hydrogen-bond acceptors (Lipinski definition) is 6. The monoisotopic (exact) mass is 399 g/mol. The summed E-state index contributed by atoms with van der Waals surface area (Å²) in [6.45, 7) is 5.62. The summed E-state index contributed by atoms with van der Waals surface area (Å²) < 4.78 is 36.9. The third-order valence-electron chi connectivity index (χ3n) is 4.53. The van der Waals surface area contributed by atoms with Crippen LogP contribution in [0.5, 0.6) is 5.75 Å². The Morgan fingerprint density at radius 3 is 2.67 bits per heavy atom. The van der Waals surface area contributed by atoms with Gasteiger partial charge in [0.15, 0.2) is 0 Å². The average molecular weight is 400 g/mol. The highest BCUT2D eigenvalue weighted by Crippen LogP contribution is 2.26. The number of ether oxygens (including phenoxy) is 2. The van der Waals surface area contributed by atoms with Crippen LogP contribution in [0.4, 0.5) is 5.69 Å². The summed E-state index contributed by atoms with van der Waals surface area (Å²) in [5.74, 6) is 0.365. The molecule has 152 valence electrons. The first-order valence-corrected chi connectivity index (χ1v) is 10.8.